The van der Waals surface area contributed by atoms with E-state index in [4.69, 9.17) is 5.11 Å². The highest BCUT2D eigenvalue weighted by Gasteiger charge is 2.11. The number of imide groups is 1. The molecular formula is C12H17NO3. The molecule has 1 rings (SSSR count). The summed E-state index contributed by atoms with van der Waals surface area (Å²) in [5.74, 6) is -0.0685. The molecule has 16 heavy (non-hydrogen) atoms. The molecule has 1 unspecified atom stereocenters. The summed E-state index contributed by atoms with van der Waals surface area (Å²) < 4.78 is 0. The molecule has 4 nitrogen and oxygen atoms in total. The minimum atomic E-state index is -1.28. The molecule has 0 radical (unpaired) electrons. The van der Waals surface area contributed by atoms with Gasteiger partial charge in [0.05, 0.1) is 0 Å². The Kier molecular flexibility index (Phi) is 4.76. The third-order valence-electron chi connectivity index (χ3n) is 2.66. The number of rotatable bonds is 4. The molecule has 88 valence electrons. The van der Waals surface area contributed by atoms with E-state index in [9.17, 15) is 9.59 Å². The molecule has 2 amide bonds. The van der Waals surface area contributed by atoms with Gasteiger partial charge < -0.3 is 5.11 Å². The fraction of sp³-hybridized carbons (Fsp3) is 0.500. The average molecular weight is 223 g/mol. The fourth-order valence-electron chi connectivity index (χ4n) is 1.68. The van der Waals surface area contributed by atoms with E-state index in [1.165, 1.54) is 5.57 Å². The number of hydrogen-bond donors (Lipinski definition) is 2. The van der Waals surface area contributed by atoms with E-state index in [1.54, 1.807) is 0 Å². The molecule has 0 aromatic carbocycles. The summed E-state index contributed by atoms with van der Waals surface area (Å²) in [6.07, 6.45) is 8.02. The number of amides is 2. The maximum atomic E-state index is 11.1. The molecule has 0 saturated heterocycles. The van der Waals surface area contributed by atoms with Crippen LogP contribution in [0.5, 0.6) is 0 Å². The van der Waals surface area contributed by atoms with E-state index in [1.807, 2.05) is 5.32 Å². The zero-order chi connectivity index (χ0) is 12.0. The summed E-state index contributed by atoms with van der Waals surface area (Å²) in [6, 6.07) is 0. The molecule has 0 aliphatic heterocycles. The van der Waals surface area contributed by atoms with Crippen LogP contribution >= 0.6 is 0 Å². The van der Waals surface area contributed by atoms with Gasteiger partial charge in [-0.05, 0) is 25.2 Å². The summed E-state index contributed by atoms with van der Waals surface area (Å²) in [4.78, 5) is 21.3. The fourth-order valence-corrected chi connectivity index (χ4v) is 1.68. The number of carboxylic acid groups (broad SMARTS) is 1. The van der Waals surface area contributed by atoms with Crippen LogP contribution < -0.4 is 5.32 Å². The first-order valence-electron chi connectivity index (χ1n) is 5.51. The first-order chi connectivity index (χ1) is 7.61. The van der Waals surface area contributed by atoms with Crippen LogP contribution in [0.25, 0.3) is 0 Å². The maximum absolute atomic E-state index is 11.1. The van der Waals surface area contributed by atoms with Crippen LogP contribution in [-0.2, 0) is 4.79 Å². The highest BCUT2D eigenvalue weighted by molar-refractivity contribution is 5.90. The molecule has 0 bridgehead atoms. The molecule has 0 aromatic heterocycles. The van der Waals surface area contributed by atoms with E-state index in [2.05, 4.69) is 25.2 Å². The Hall–Kier alpha value is -1.58. The zero-order valence-corrected chi connectivity index (χ0v) is 9.40. The van der Waals surface area contributed by atoms with Gasteiger partial charge in [0.25, 0.3) is 0 Å². The standard InChI is InChI=1S/C12H17NO3/c1-2-9-3-5-10(6-4-9)7-8-11(14)13-12(15)16/h3-5,10H,2,6-8H2,1H3,(H,13,14)(H,15,16). The van der Waals surface area contributed by atoms with Gasteiger partial charge in [-0.2, -0.15) is 0 Å². The summed E-state index contributed by atoms with van der Waals surface area (Å²) >= 11 is 0. The predicted octanol–water partition coefficient (Wildman–Crippen LogP) is 2.47. The quantitative estimate of drug-likeness (QED) is 0.769. The lowest BCUT2D eigenvalue weighted by molar-refractivity contribution is -0.120. The normalized spacial score (nSPS) is 19.1. The lowest BCUT2D eigenvalue weighted by Crippen LogP contribution is -2.28. The average Bonchev–Trinajstić information content (AvgIpc) is 2.26. The van der Waals surface area contributed by atoms with E-state index < -0.39 is 12.0 Å². The van der Waals surface area contributed by atoms with Gasteiger partial charge in [-0.25, -0.2) is 4.79 Å². The van der Waals surface area contributed by atoms with Crippen molar-refractivity contribution >= 4 is 12.0 Å². The number of allylic oxidation sites excluding steroid dienone is 4. The number of carbonyl (C=O) groups is 2. The Bertz CT molecular complexity index is 331. The number of carbonyl (C=O) groups excluding carboxylic acids is 1. The van der Waals surface area contributed by atoms with Crippen LogP contribution in [0.15, 0.2) is 23.8 Å². The molecule has 2 N–H and O–H groups in total. The summed E-state index contributed by atoms with van der Waals surface area (Å²) in [7, 11) is 0. The second-order valence-corrected chi connectivity index (χ2v) is 3.88. The van der Waals surface area contributed by atoms with Crippen molar-refractivity contribution in [3.05, 3.63) is 23.8 Å². The Morgan fingerprint density at radius 3 is 2.81 bits per heavy atom. The summed E-state index contributed by atoms with van der Waals surface area (Å²) in [5, 5.41) is 10.2. The highest BCUT2D eigenvalue weighted by Crippen LogP contribution is 2.21. The van der Waals surface area contributed by atoms with Crippen molar-refractivity contribution in [1.29, 1.82) is 0 Å². The van der Waals surface area contributed by atoms with Gasteiger partial charge in [-0.3, -0.25) is 10.1 Å². The van der Waals surface area contributed by atoms with Gasteiger partial charge in [0.15, 0.2) is 0 Å². The molecule has 1 aliphatic carbocycles. The zero-order valence-electron chi connectivity index (χ0n) is 9.40. The molecule has 0 saturated carbocycles. The van der Waals surface area contributed by atoms with Crippen molar-refractivity contribution in [1.82, 2.24) is 5.32 Å². The van der Waals surface area contributed by atoms with Crippen molar-refractivity contribution in [2.75, 3.05) is 0 Å². The molecule has 4 heteroatoms. The number of hydrogen-bond acceptors (Lipinski definition) is 2. The van der Waals surface area contributed by atoms with Gasteiger partial charge >= 0.3 is 6.09 Å². The molecule has 0 spiro atoms. The van der Waals surface area contributed by atoms with E-state index in [-0.39, 0.29) is 6.42 Å². The van der Waals surface area contributed by atoms with Gasteiger partial charge in [-0.15, -0.1) is 0 Å². The van der Waals surface area contributed by atoms with Crippen LogP contribution in [0.3, 0.4) is 0 Å². The lowest BCUT2D eigenvalue weighted by Gasteiger charge is -2.14. The van der Waals surface area contributed by atoms with Crippen molar-refractivity contribution in [3.8, 4) is 0 Å². The molecule has 1 atom stereocenters. The van der Waals surface area contributed by atoms with Gasteiger partial charge in [0, 0.05) is 6.42 Å². The smallest absolute Gasteiger partial charge is 0.411 e. The lowest BCUT2D eigenvalue weighted by atomic mass is 9.92. The Morgan fingerprint density at radius 2 is 2.31 bits per heavy atom. The maximum Gasteiger partial charge on any atom is 0.411 e. The Morgan fingerprint density at radius 1 is 1.56 bits per heavy atom. The first kappa shape index (κ1) is 12.5. The highest BCUT2D eigenvalue weighted by atomic mass is 16.4. The Labute approximate surface area is 95.0 Å². The van der Waals surface area contributed by atoms with E-state index in [0.717, 1.165) is 12.8 Å². The summed E-state index contributed by atoms with van der Waals surface area (Å²) in [5.41, 5.74) is 1.33. The SMILES string of the molecule is CCC1=CCC(CCC(=O)NC(=O)O)C=C1. The molecule has 0 heterocycles. The van der Waals surface area contributed by atoms with Gasteiger partial charge in [0.2, 0.25) is 5.91 Å². The van der Waals surface area contributed by atoms with Gasteiger partial charge in [0.1, 0.15) is 0 Å². The molecule has 1 aliphatic rings. The monoisotopic (exact) mass is 223 g/mol. The third-order valence-corrected chi connectivity index (χ3v) is 2.66. The van der Waals surface area contributed by atoms with Crippen LogP contribution in [0.2, 0.25) is 0 Å². The minimum Gasteiger partial charge on any atom is -0.465 e. The topological polar surface area (TPSA) is 66.4 Å². The van der Waals surface area contributed by atoms with Crippen molar-refractivity contribution in [2.24, 2.45) is 5.92 Å². The van der Waals surface area contributed by atoms with Gasteiger partial charge in [-0.1, -0.05) is 30.7 Å². The molecular weight excluding hydrogens is 206 g/mol. The first-order valence-corrected chi connectivity index (χ1v) is 5.51. The summed E-state index contributed by atoms with van der Waals surface area (Å²) in [6.45, 7) is 2.11. The van der Waals surface area contributed by atoms with E-state index >= 15 is 0 Å². The van der Waals surface area contributed by atoms with Crippen molar-refractivity contribution in [3.63, 3.8) is 0 Å². The minimum absolute atomic E-state index is 0.261. The van der Waals surface area contributed by atoms with Crippen LogP contribution in [0.1, 0.15) is 32.6 Å². The van der Waals surface area contributed by atoms with Crippen molar-refractivity contribution in [2.45, 2.75) is 32.6 Å². The van der Waals surface area contributed by atoms with Crippen LogP contribution in [0, 0.1) is 5.92 Å². The second-order valence-electron chi connectivity index (χ2n) is 3.88. The third kappa shape index (κ3) is 4.29. The van der Waals surface area contributed by atoms with E-state index in [0.29, 0.717) is 12.3 Å². The predicted molar refractivity (Wildman–Crippen MR) is 61.0 cm³/mol. The molecule has 0 fully saturated rings. The Balaban J connectivity index is 2.26. The van der Waals surface area contributed by atoms with Crippen LogP contribution in [-0.4, -0.2) is 17.1 Å². The number of nitrogens with one attached hydrogen (secondary N) is 1. The largest absolute Gasteiger partial charge is 0.465 e. The second kappa shape index (κ2) is 6.10. The van der Waals surface area contributed by atoms with Crippen molar-refractivity contribution < 1.29 is 14.7 Å². The van der Waals surface area contributed by atoms with Crippen LogP contribution in [0.4, 0.5) is 4.79 Å². The molecule has 0 aromatic rings.